The predicted octanol–water partition coefficient (Wildman–Crippen LogP) is 3.70. The van der Waals surface area contributed by atoms with Crippen LogP contribution in [0.15, 0.2) is 54.9 Å². The van der Waals surface area contributed by atoms with Gasteiger partial charge in [0.1, 0.15) is 21.5 Å². The molecule has 29 heavy (non-hydrogen) atoms. The second-order valence-electron chi connectivity index (χ2n) is 5.61. The van der Waals surface area contributed by atoms with Gasteiger partial charge >= 0.3 is 11.9 Å². The molecule has 1 aromatic carbocycles. The third-order valence-corrected chi connectivity index (χ3v) is 4.17. The number of ether oxygens (including phenoxy) is 2. The first-order valence-electron chi connectivity index (χ1n) is 8.02. The van der Waals surface area contributed by atoms with E-state index in [4.69, 9.17) is 32.7 Å². The van der Waals surface area contributed by atoms with Crippen molar-refractivity contribution in [3.05, 3.63) is 76.2 Å². The number of halogens is 2. The average molecular weight is 435 g/mol. The van der Waals surface area contributed by atoms with Gasteiger partial charge in [-0.25, -0.2) is 14.6 Å². The molecule has 0 spiro atoms. The molecule has 0 radical (unpaired) electrons. The zero-order valence-corrected chi connectivity index (χ0v) is 16.0. The fourth-order valence-corrected chi connectivity index (χ4v) is 2.39. The summed E-state index contributed by atoms with van der Waals surface area (Å²) in [4.78, 5) is 32.8. The summed E-state index contributed by atoms with van der Waals surface area (Å²) in [5.41, 5.74) is 0.0603. The van der Waals surface area contributed by atoms with Crippen LogP contribution in [0.5, 0.6) is 17.4 Å². The van der Waals surface area contributed by atoms with Crippen LogP contribution in [0.25, 0.3) is 0 Å². The van der Waals surface area contributed by atoms with Gasteiger partial charge in [0.2, 0.25) is 12.0 Å². The molecule has 1 unspecified atom stereocenters. The van der Waals surface area contributed by atoms with E-state index in [1.165, 1.54) is 12.1 Å². The van der Waals surface area contributed by atoms with Gasteiger partial charge < -0.3 is 19.7 Å². The molecule has 148 valence electrons. The maximum absolute atomic E-state index is 12.7. The summed E-state index contributed by atoms with van der Waals surface area (Å²) in [5, 5.41) is 19.3. The number of aromatic nitrogens is 2. The number of nitrogens with zero attached hydrogens (tertiary/aromatic N) is 2. The van der Waals surface area contributed by atoms with Gasteiger partial charge in [-0.15, -0.1) is 0 Å². The van der Waals surface area contributed by atoms with Gasteiger partial charge in [0, 0.05) is 18.3 Å². The largest absolute Gasteiger partial charge is 0.506 e. The molecule has 0 saturated carbocycles. The fraction of sp³-hybridized carbons (Fsp3) is 0.0526. The number of carbonyl (C=O) groups is 2. The molecule has 2 N–H and O–H groups in total. The van der Waals surface area contributed by atoms with Gasteiger partial charge in [0.25, 0.3) is 0 Å². The number of esters is 2. The highest BCUT2D eigenvalue weighted by Crippen LogP contribution is 2.29. The van der Waals surface area contributed by atoms with Crippen molar-refractivity contribution < 1.29 is 29.3 Å². The van der Waals surface area contributed by atoms with E-state index in [1.54, 1.807) is 18.2 Å². The van der Waals surface area contributed by atoms with Crippen LogP contribution >= 0.6 is 23.2 Å². The Morgan fingerprint density at radius 2 is 1.55 bits per heavy atom. The van der Waals surface area contributed by atoms with Gasteiger partial charge in [0.15, 0.2) is 0 Å². The lowest BCUT2D eigenvalue weighted by molar-refractivity contribution is -0.145. The molecule has 0 aliphatic carbocycles. The lowest BCUT2D eigenvalue weighted by atomic mass is 10.2. The summed E-state index contributed by atoms with van der Waals surface area (Å²) in [6.45, 7) is 0. The van der Waals surface area contributed by atoms with E-state index >= 15 is 0 Å². The SMILES string of the molecule is O=C(OC(C(=O)Oc1cc(O)c(Cl)cn1)c1cc(O)c(Cl)cn1)c1ccccc1. The minimum atomic E-state index is -1.65. The number of hydrogen-bond acceptors (Lipinski definition) is 8. The molecule has 2 heterocycles. The molecular weight excluding hydrogens is 423 g/mol. The second-order valence-corrected chi connectivity index (χ2v) is 6.42. The molecule has 3 aromatic rings. The zero-order valence-electron chi connectivity index (χ0n) is 14.5. The maximum Gasteiger partial charge on any atom is 0.360 e. The number of carbonyl (C=O) groups excluding carboxylic acids is 2. The number of benzene rings is 1. The van der Waals surface area contributed by atoms with Crippen LogP contribution in [0.4, 0.5) is 0 Å². The van der Waals surface area contributed by atoms with Gasteiger partial charge in [-0.2, -0.15) is 0 Å². The van der Waals surface area contributed by atoms with Gasteiger partial charge in [0.05, 0.1) is 17.5 Å². The Balaban J connectivity index is 1.90. The Hall–Kier alpha value is -3.36. The van der Waals surface area contributed by atoms with E-state index < -0.39 is 18.0 Å². The van der Waals surface area contributed by atoms with Crippen LogP contribution in [-0.2, 0) is 9.53 Å². The molecule has 0 saturated heterocycles. The monoisotopic (exact) mass is 434 g/mol. The van der Waals surface area contributed by atoms with Crippen molar-refractivity contribution in [3.8, 4) is 17.4 Å². The molecule has 0 bridgehead atoms. The van der Waals surface area contributed by atoms with Crippen molar-refractivity contribution in [2.24, 2.45) is 0 Å². The quantitative estimate of drug-likeness (QED) is 0.583. The van der Waals surface area contributed by atoms with Crippen molar-refractivity contribution in [2.75, 3.05) is 0 Å². The minimum absolute atomic E-state index is 0.0406. The van der Waals surface area contributed by atoms with E-state index in [2.05, 4.69) is 9.97 Å². The Bertz CT molecular complexity index is 1060. The van der Waals surface area contributed by atoms with Crippen molar-refractivity contribution in [1.29, 1.82) is 0 Å². The van der Waals surface area contributed by atoms with Crippen LogP contribution in [0, 0.1) is 0 Å². The Labute approximate surface area is 174 Å². The fourth-order valence-electron chi connectivity index (χ4n) is 2.19. The van der Waals surface area contributed by atoms with Crippen molar-refractivity contribution in [3.63, 3.8) is 0 Å². The molecule has 0 amide bonds. The molecular formula is C19H12Cl2N2O6. The topological polar surface area (TPSA) is 119 Å². The summed E-state index contributed by atoms with van der Waals surface area (Å²) < 4.78 is 10.3. The van der Waals surface area contributed by atoms with E-state index in [-0.39, 0.29) is 38.7 Å². The number of pyridine rings is 2. The Morgan fingerprint density at radius 1 is 0.931 bits per heavy atom. The normalized spacial score (nSPS) is 11.5. The van der Waals surface area contributed by atoms with Crippen LogP contribution in [0.2, 0.25) is 10.0 Å². The van der Waals surface area contributed by atoms with Crippen LogP contribution < -0.4 is 4.74 Å². The first-order chi connectivity index (χ1) is 13.8. The predicted molar refractivity (Wildman–Crippen MR) is 102 cm³/mol. The van der Waals surface area contributed by atoms with Crippen molar-refractivity contribution >= 4 is 35.1 Å². The minimum Gasteiger partial charge on any atom is -0.506 e. The summed E-state index contributed by atoms with van der Waals surface area (Å²) in [6, 6.07) is 10.0. The second kappa shape index (κ2) is 8.76. The van der Waals surface area contributed by atoms with Crippen LogP contribution in [0.1, 0.15) is 22.2 Å². The van der Waals surface area contributed by atoms with Gasteiger partial charge in [-0.3, -0.25) is 4.98 Å². The summed E-state index contributed by atoms with van der Waals surface area (Å²) in [5.74, 6) is -2.90. The third-order valence-electron chi connectivity index (χ3n) is 3.59. The van der Waals surface area contributed by atoms with E-state index in [1.807, 2.05) is 0 Å². The first kappa shape index (κ1) is 20.4. The zero-order chi connectivity index (χ0) is 21.0. The molecule has 0 fully saturated rings. The summed E-state index contributed by atoms with van der Waals surface area (Å²) >= 11 is 11.4. The van der Waals surface area contributed by atoms with Crippen molar-refractivity contribution in [2.45, 2.75) is 6.10 Å². The lowest BCUT2D eigenvalue weighted by Crippen LogP contribution is -2.25. The van der Waals surface area contributed by atoms with E-state index in [9.17, 15) is 19.8 Å². The molecule has 3 rings (SSSR count). The Morgan fingerprint density at radius 3 is 2.17 bits per heavy atom. The number of rotatable bonds is 5. The molecule has 8 nitrogen and oxygen atoms in total. The van der Waals surface area contributed by atoms with Crippen LogP contribution in [-0.4, -0.2) is 32.1 Å². The molecule has 1 atom stereocenters. The molecule has 0 aliphatic rings. The maximum atomic E-state index is 12.7. The highest BCUT2D eigenvalue weighted by molar-refractivity contribution is 6.32. The molecule has 2 aromatic heterocycles. The molecule has 10 heteroatoms. The van der Waals surface area contributed by atoms with Gasteiger partial charge in [-0.05, 0) is 12.1 Å². The Kier molecular flexibility index (Phi) is 6.16. The average Bonchev–Trinajstić information content (AvgIpc) is 2.71. The summed E-state index contributed by atoms with van der Waals surface area (Å²) in [6.07, 6.45) is 0.525. The standard InChI is InChI=1S/C19H12Cl2N2O6/c20-11-8-22-13(6-14(11)24)17(29-18(26)10-4-2-1-3-5-10)19(27)28-16-7-15(25)12(21)9-23-16/h1-9,17H,(H,22,24)(H,23,25). The van der Waals surface area contributed by atoms with E-state index in [0.717, 1.165) is 24.5 Å². The lowest BCUT2D eigenvalue weighted by Gasteiger charge is -2.16. The van der Waals surface area contributed by atoms with E-state index in [0.29, 0.717) is 0 Å². The first-order valence-corrected chi connectivity index (χ1v) is 8.77. The smallest absolute Gasteiger partial charge is 0.360 e. The molecule has 0 aliphatic heterocycles. The number of aromatic hydroxyl groups is 2. The van der Waals surface area contributed by atoms with Crippen molar-refractivity contribution in [1.82, 2.24) is 9.97 Å². The highest BCUT2D eigenvalue weighted by atomic mass is 35.5. The highest BCUT2D eigenvalue weighted by Gasteiger charge is 2.30. The van der Waals surface area contributed by atoms with Gasteiger partial charge in [-0.1, -0.05) is 41.4 Å². The number of hydrogen-bond donors (Lipinski definition) is 2. The summed E-state index contributed by atoms with van der Waals surface area (Å²) in [7, 11) is 0. The van der Waals surface area contributed by atoms with Crippen LogP contribution in [0.3, 0.4) is 0 Å². The third kappa shape index (κ3) is 4.92.